The molecule has 0 aliphatic heterocycles. The zero-order valence-electron chi connectivity index (χ0n) is 11.4. The van der Waals surface area contributed by atoms with Crippen molar-refractivity contribution in [3.05, 3.63) is 0 Å². The molecule has 5 heteroatoms. The van der Waals surface area contributed by atoms with Crippen LogP contribution in [0.25, 0.3) is 0 Å². The number of rotatable bonds is 9. The van der Waals surface area contributed by atoms with Crippen molar-refractivity contribution in [1.82, 2.24) is 15.5 Å². The molecule has 0 saturated heterocycles. The molecular weight excluding hydrogens is 228 g/mol. The van der Waals surface area contributed by atoms with Crippen molar-refractivity contribution < 1.29 is 4.79 Å². The van der Waals surface area contributed by atoms with E-state index < -0.39 is 0 Å². The molecule has 1 atom stereocenters. The summed E-state index contributed by atoms with van der Waals surface area (Å²) in [6, 6.07) is 2.14. The minimum Gasteiger partial charge on any atom is -0.353 e. The summed E-state index contributed by atoms with van der Waals surface area (Å²) in [6.07, 6.45) is 2.42. The molecule has 0 spiro atoms. The van der Waals surface area contributed by atoms with Gasteiger partial charge in [-0.25, -0.2) is 0 Å². The zero-order chi connectivity index (χ0) is 13.4. The van der Waals surface area contributed by atoms with Crippen LogP contribution in [0.4, 0.5) is 0 Å². The quantitative estimate of drug-likeness (QED) is 0.626. The van der Waals surface area contributed by atoms with Gasteiger partial charge in [-0.05, 0) is 25.9 Å². The fourth-order valence-electron chi connectivity index (χ4n) is 1.80. The van der Waals surface area contributed by atoms with Crippen LogP contribution < -0.4 is 10.6 Å². The number of nitriles is 1. The van der Waals surface area contributed by atoms with Gasteiger partial charge in [0.1, 0.15) is 6.04 Å². The van der Waals surface area contributed by atoms with E-state index >= 15 is 0 Å². The van der Waals surface area contributed by atoms with Gasteiger partial charge in [0, 0.05) is 19.1 Å². The van der Waals surface area contributed by atoms with Crippen LogP contribution in [0.3, 0.4) is 0 Å². The Morgan fingerprint density at radius 3 is 2.61 bits per heavy atom. The fourth-order valence-corrected chi connectivity index (χ4v) is 1.80. The maximum Gasteiger partial charge on any atom is 0.222 e. The lowest BCUT2D eigenvalue weighted by molar-refractivity contribution is -0.121. The van der Waals surface area contributed by atoms with Gasteiger partial charge in [-0.15, -0.1) is 0 Å². The first-order valence-corrected chi connectivity index (χ1v) is 6.84. The van der Waals surface area contributed by atoms with E-state index in [0.717, 1.165) is 39.0 Å². The van der Waals surface area contributed by atoms with Crippen molar-refractivity contribution in [3.8, 4) is 6.07 Å². The minimum absolute atomic E-state index is 0.0145. The van der Waals surface area contributed by atoms with E-state index in [1.54, 1.807) is 0 Å². The summed E-state index contributed by atoms with van der Waals surface area (Å²) in [7, 11) is 0. The Balaban J connectivity index is 2.16. The molecule has 5 nitrogen and oxygen atoms in total. The summed E-state index contributed by atoms with van der Waals surface area (Å²) in [5.41, 5.74) is 0. The van der Waals surface area contributed by atoms with Crippen molar-refractivity contribution in [2.75, 3.05) is 26.2 Å². The summed E-state index contributed by atoms with van der Waals surface area (Å²) >= 11 is 0. The molecule has 0 heterocycles. The molecule has 1 aliphatic carbocycles. The number of carbonyl (C=O) groups excluding carboxylic acids is 1. The van der Waals surface area contributed by atoms with Crippen molar-refractivity contribution in [2.45, 2.75) is 45.2 Å². The molecule has 1 amide bonds. The first-order chi connectivity index (χ1) is 8.69. The van der Waals surface area contributed by atoms with Gasteiger partial charge in [0.2, 0.25) is 5.91 Å². The van der Waals surface area contributed by atoms with Crippen LogP contribution in [0.1, 0.15) is 33.1 Å². The molecule has 1 fully saturated rings. The lowest BCUT2D eigenvalue weighted by Gasteiger charge is -2.19. The van der Waals surface area contributed by atoms with Gasteiger partial charge in [-0.2, -0.15) is 5.26 Å². The van der Waals surface area contributed by atoms with Gasteiger partial charge >= 0.3 is 0 Å². The van der Waals surface area contributed by atoms with Crippen molar-refractivity contribution in [1.29, 1.82) is 5.26 Å². The van der Waals surface area contributed by atoms with E-state index in [2.05, 4.69) is 35.5 Å². The number of likely N-dealkylation sites (N-methyl/N-ethyl adjacent to an activating group) is 1. The second kappa shape index (κ2) is 8.06. The summed E-state index contributed by atoms with van der Waals surface area (Å²) in [5.74, 6) is -0.0145. The van der Waals surface area contributed by atoms with E-state index in [-0.39, 0.29) is 18.4 Å². The van der Waals surface area contributed by atoms with Gasteiger partial charge in [0.05, 0.1) is 12.5 Å². The molecule has 0 aromatic carbocycles. The largest absolute Gasteiger partial charge is 0.353 e. The highest BCUT2D eigenvalue weighted by Gasteiger charge is 2.24. The Labute approximate surface area is 110 Å². The molecule has 0 aromatic heterocycles. The molecule has 2 N–H and O–H groups in total. The number of nitrogens with zero attached hydrogens (tertiary/aromatic N) is 2. The molecule has 1 rings (SSSR count). The van der Waals surface area contributed by atoms with Gasteiger partial charge in [-0.1, -0.05) is 13.8 Å². The average Bonchev–Trinajstić information content (AvgIpc) is 3.17. The normalized spacial score (nSPS) is 16.3. The highest BCUT2D eigenvalue weighted by molar-refractivity contribution is 5.77. The highest BCUT2D eigenvalue weighted by atomic mass is 16.1. The second-order valence-electron chi connectivity index (χ2n) is 4.71. The van der Waals surface area contributed by atoms with Crippen LogP contribution in [-0.2, 0) is 4.79 Å². The monoisotopic (exact) mass is 252 g/mol. The first-order valence-electron chi connectivity index (χ1n) is 6.84. The molecule has 0 radical (unpaired) electrons. The maximum absolute atomic E-state index is 11.6. The van der Waals surface area contributed by atoms with Gasteiger partial charge in [0.15, 0.2) is 0 Å². The topological polar surface area (TPSA) is 68.2 Å². The first kappa shape index (κ1) is 14.9. The molecular formula is C13H24N4O. The van der Waals surface area contributed by atoms with Crippen LogP contribution in [0.2, 0.25) is 0 Å². The summed E-state index contributed by atoms with van der Waals surface area (Å²) in [6.45, 7) is 7.92. The van der Waals surface area contributed by atoms with E-state index in [9.17, 15) is 4.79 Å². The molecule has 0 aromatic rings. The maximum atomic E-state index is 11.6. The van der Waals surface area contributed by atoms with Crippen molar-refractivity contribution in [3.63, 3.8) is 0 Å². The number of hydrogen-bond donors (Lipinski definition) is 2. The third kappa shape index (κ3) is 5.99. The summed E-state index contributed by atoms with van der Waals surface area (Å²) in [4.78, 5) is 13.8. The second-order valence-corrected chi connectivity index (χ2v) is 4.71. The molecule has 102 valence electrons. The minimum atomic E-state index is -0.376. The number of amides is 1. The average molecular weight is 252 g/mol. The van der Waals surface area contributed by atoms with Crippen LogP contribution in [0, 0.1) is 11.3 Å². The van der Waals surface area contributed by atoms with E-state index in [4.69, 9.17) is 5.26 Å². The Bertz CT molecular complexity index is 292. The van der Waals surface area contributed by atoms with E-state index in [1.807, 2.05) is 0 Å². The van der Waals surface area contributed by atoms with Gasteiger partial charge < -0.3 is 15.5 Å². The highest BCUT2D eigenvalue weighted by Crippen LogP contribution is 2.18. The third-order valence-electron chi connectivity index (χ3n) is 3.20. The SMILES string of the molecule is CCN(CC)CCNC(C#N)CC(=O)NC1CC1. The Hall–Kier alpha value is -1.12. The van der Waals surface area contributed by atoms with E-state index in [0.29, 0.717) is 6.04 Å². The lowest BCUT2D eigenvalue weighted by Crippen LogP contribution is -2.39. The fraction of sp³-hybridized carbons (Fsp3) is 0.846. The Morgan fingerprint density at radius 1 is 1.44 bits per heavy atom. The Morgan fingerprint density at radius 2 is 2.11 bits per heavy atom. The van der Waals surface area contributed by atoms with Crippen LogP contribution in [0.5, 0.6) is 0 Å². The lowest BCUT2D eigenvalue weighted by atomic mass is 10.2. The van der Waals surface area contributed by atoms with E-state index in [1.165, 1.54) is 0 Å². The number of nitrogens with one attached hydrogen (secondary N) is 2. The number of hydrogen-bond acceptors (Lipinski definition) is 4. The summed E-state index contributed by atoms with van der Waals surface area (Å²) < 4.78 is 0. The Kier molecular flexibility index (Phi) is 6.69. The molecule has 1 aliphatic rings. The molecule has 1 saturated carbocycles. The van der Waals surface area contributed by atoms with Crippen LogP contribution in [0.15, 0.2) is 0 Å². The number of carbonyl (C=O) groups is 1. The predicted octanol–water partition coefficient (Wildman–Crippen LogP) is 0.479. The predicted molar refractivity (Wildman–Crippen MR) is 71.0 cm³/mol. The van der Waals surface area contributed by atoms with Crippen molar-refractivity contribution in [2.24, 2.45) is 0 Å². The van der Waals surface area contributed by atoms with Crippen molar-refractivity contribution >= 4 is 5.91 Å². The van der Waals surface area contributed by atoms with Crippen LogP contribution >= 0.6 is 0 Å². The van der Waals surface area contributed by atoms with Gasteiger partial charge in [0.25, 0.3) is 0 Å². The molecule has 1 unspecified atom stereocenters. The zero-order valence-corrected chi connectivity index (χ0v) is 11.4. The van der Waals surface area contributed by atoms with Crippen LogP contribution in [-0.4, -0.2) is 49.1 Å². The summed E-state index contributed by atoms with van der Waals surface area (Å²) in [5, 5.41) is 15.0. The third-order valence-corrected chi connectivity index (χ3v) is 3.20. The smallest absolute Gasteiger partial charge is 0.222 e. The standard InChI is InChI=1S/C13H24N4O/c1-3-17(4-2)8-7-15-12(10-14)9-13(18)16-11-5-6-11/h11-12,15H,3-9H2,1-2H3,(H,16,18). The molecule has 18 heavy (non-hydrogen) atoms. The van der Waals surface area contributed by atoms with Gasteiger partial charge in [-0.3, -0.25) is 4.79 Å². The molecule has 0 bridgehead atoms.